The quantitative estimate of drug-likeness (QED) is 0.567. The van der Waals surface area contributed by atoms with Crippen LogP contribution in [0.3, 0.4) is 0 Å². The fraction of sp³-hybridized carbons (Fsp3) is 0.700. The van der Waals surface area contributed by atoms with E-state index in [4.69, 9.17) is 9.47 Å². The summed E-state index contributed by atoms with van der Waals surface area (Å²) in [5.74, 6) is 0.413. The van der Waals surface area contributed by atoms with Crippen LogP contribution in [-0.2, 0) is 19.1 Å². The fourth-order valence-corrected chi connectivity index (χ4v) is 4.71. The number of allylic oxidation sites excluding steroid dienone is 1. The van der Waals surface area contributed by atoms with E-state index in [-0.39, 0.29) is 35.5 Å². The molecular formula is C20H28O4. The van der Waals surface area contributed by atoms with Gasteiger partial charge in [0.15, 0.2) is 0 Å². The molecule has 5 atom stereocenters. The second-order valence-electron chi connectivity index (χ2n) is 7.94. The van der Waals surface area contributed by atoms with Crippen molar-refractivity contribution in [1.29, 1.82) is 0 Å². The predicted molar refractivity (Wildman–Crippen MR) is 91.1 cm³/mol. The highest BCUT2D eigenvalue weighted by atomic mass is 16.6. The molecule has 0 amide bonds. The Bertz CT molecular complexity index is 630. The standard InChI is InChI=1S/C20H28O4/c1-6-11(2)18(21)23-16-8-7-14-9-17-15(12(3)19(22)24-17)10-20(14,5)13(16)4/h6,13-14,16-17H,7-10H2,1-5H3. The summed E-state index contributed by atoms with van der Waals surface area (Å²) in [7, 11) is 0. The fourth-order valence-electron chi connectivity index (χ4n) is 4.71. The maximum Gasteiger partial charge on any atom is 0.334 e. The number of hydrogen-bond acceptors (Lipinski definition) is 4. The lowest BCUT2D eigenvalue weighted by Gasteiger charge is -2.53. The van der Waals surface area contributed by atoms with Crippen LogP contribution in [0, 0.1) is 17.3 Å². The molecule has 0 aromatic heterocycles. The third-order valence-corrected chi connectivity index (χ3v) is 6.84. The largest absolute Gasteiger partial charge is 0.459 e. The number of ether oxygens (including phenoxy) is 2. The molecule has 5 unspecified atom stereocenters. The Morgan fingerprint density at radius 2 is 2.08 bits per heavy atom. The predicted octanol–water partition coefficient (Wildman–Crippen LogP) is 3.95. The first-order valence-electron chi connectivity index (χ1n) is 9.02. The second-order valence-corrected chi connectivity index (χ2v) is 7.94. The van der Waals surface area contributed by atoms with Crippen LogP contribution in [0.1, 0.15) is 60.3 Å². The summed E-state index contributed by atoms with van der Waals surface area (Å²) in [6.07, 6.45) is 5.42. The molecule has 2 aliphatic carbocycles. The Kier molecular flexibility index (Phi) is 4.35. The Balaban J connectivity index is 1.81. The third kappa shape index (κ3) is 2.60. The molecule has 2 fully saturated rings. The zero-order valence-corrected chi connectivity index (χ0v) is 15.3. The zero-order chi connectivity index (χ0) is 17.6. The second kappa shape index (κ2) is 6.05. The summed E-state index contributed by atoms with van der Waals surface area (Å²) in [4.78, 5) is 24.1. The molecule has 0 saturated heterocycles. The van der Waals surface area contributed by atoms with Crippen LogP contribution < -0.4 is 0 Å². The minimum Gasteiger partial charge on any atom is -0.459 e. The lowest BCUT2D eigenvalue weighted by Crippen LogP contribution is -2.50. The van der Waals surface area contributed by atoms with Gasteiger partial charge in [-0.1, -0.05) is 19.9 Å². The summed E-state index contributed by atoms with van der Waals surface area (Å²) in [5.41, 5.74) is 2.66. The molecule has 0 aromatic carbocycles. The average Bonchev–Trinajstić information content (AvgIpc) is 2.82. The molecule has 4 heteroatoms. The number of carbonyl (C=O) groups is 2. The van der Waals surface area contributed by atoms with Gasteiger partial charge < -0.3 is 9.47 Å². The molecule has 0 N–H and O–H groups in total. The Morgan fingerprint density at radius 1 is 1.38 bits per heavy atom. The van der Waals surface area contributed by atoms with E-state index in [1.807, 2.05) is 13.8 Å². The van der Waals surface area contributed by atoms with E-state index in [1.54, 1.807) is 13.0 Å². The number of rotatable bonds is 2. The van der Waals surface area contributed by atoms with E-state index in [1.165, 1.54) is 5.57 Å². The van der Waals surface area contributed by atoms with E-state index >= 15 is 0 Å². The van der Waals surface area contributed by atoms with Gasteiger partial charge in [0, 0.05) is 11.1 Å². The van der Waals surface area contributed by atoms with Crippen molar-refractivity contribution in [3.05, 3.63) is 22.8 Å². The maximum absolute atomic E-state index is 12.2. The van der Waals surface area contributed by atoms with Crippen LogP contribution >= 0.6 is 0 Å². The van der Waals surface area contributed by atoms with Crippen molar-refractivity contribution < 1.29 is 19.1 Å². The molecule has 1 heterocycles. The molecular weight excluding hydrogens is 304 g/mol. The Morgan fingerprint density at radius 3 is 2.75 bits per heavy atom. The van der Waals surface area contributed by atoms with Crippen LogP contribution in [0.25, 0.3) is 0 Å². The van der Waals surface area contributed by atoms with Crippen molar-refractivity contribution in [3.8, 4) is 0 Å². The lowest BCUT2D eigenvalue weighted by atomic mass is 9.53. The van der Waals surface area contributed by atoms with Crippen molar-refractivity contribution in [2.45, 2.75) is 72.5 Å². The van der Waals surface area contributed by atoms with E-state index in [0.29, 0.717) is 11.5 Å². The zero-order valence-electron chi connectivity index (χ0n) is 15.3. The van der Waals surface area contributed by atoms with Crippen LogP contribution in [0.2, 0.25) is 0 Å². The Labute approximate surface area is 144 Å². The molecule has 3 rings (SSSR count). The highest BCUT2D eigenvalue weighted by Crippen LogP contribution is 2.57. The number of esters is 2. The molecule has 2 saturated carbocycles. The van der Waals surface area contributed by atoms with Gasteiger partial charge in [-0.25, -0.2) is 9.59 Å². The Hall–Kier alpha value is -1.58. The van der Waals surface area contributed by atoms with Gasteiger partial charge in [0.2, 0.25) is 0 Å². The molecule has 24 heavy (non-hydrogen) atoms. The molecule has 3 aliphatic rings. The van der Waals surface area contributed by atoms with Gasteiger partial charge in [-0.15, -0.1) is 0 Å². The van der Waals surface area contributed by atoms with Crippen molar-refractivity contribution in [1.82, 2.24) is 0 Å². The summed E-state index contributed by atoms with van der Waals surface area (Å²) >= 11 is 0. The van der Waals surface area contributed by atoms with Crippen LogP contribution in [0.15, 0.2) is 22.8 Å². The van der Waals surface area contributed by atoms with Gasteiger partial charge >= 0.3 is 11.9 Å². The SMILES string of the molecule is CC=C(C)C(=O)OC1CCC2CC3OC(=O)C(C)=C3CC2(C)C1C. The van der Waals surface area contributed by atoms with Crippen molar-refractivity contribution in [2.24, 2.45) is 17.3 Å². The van der Waals surface area contributed by atoms with E-state index in [9.17, 15) is 9.59 Å². The number of fused-ring (bicyclic) bond motifs is 2. The number of carbonyl (C=O) groups excluding carboxylic acids is 2. The van der Waals surface area contributed by atoms with Crippen LogP contribution in [0.5, 0.6) is 0 Å². The van der Waals surface area contributed by atoms with Gasteiger partial charge in [-0.2, -0.15) is 0 Å². The maximum atomic E-state index is 12.2. The summed E-state index contributed by atoms with van der Waals surface area (Å²) in [6, 6.07) is 0. The van der Waals surface area contributed by atoms with Crippen molar-refractivity contribution in [2.75, 3.05) is 0 Å². The number of hydrogen-bond donors (Lipinski definition) is 0. The molecule has 0 radical (unpaired) electrons. The minimum absolute atomic E-state index is 0.0212. The van der Waals surface area contributed by atoms with Crippen LogP contribution in [0.4, 0.5) is 0 Å². The molecule has 132 valence electrons. The smallest absolute Gasteiger partial charge is 0.334 e. The van der Waals surface area contributed by atoms with Gasteiger partial charge in [-0.05, 0) is 69.3 Å². The monoisotopic (exact) mass is 332 g/mol. The molecule has 4 nitrogen and oxygen atoms in total. The van der Waals surface area contributed by atoms with Gasteiger partial charge in [0.1, 0.15) is 12.2 Å². The molecule has 0 bridgehead atoms. The summed E-state index contributed by atoms with van der Waals surface area (Å²) in [5, 5.41) is 0. The van der Waals surface area contributed by atoms with Crippen molar-refractivity contribution >= 4 is 11.9 Å². The first-order chi connectivity index (χ1) is 11.3. The topological polar surface area (TPSA) is 52.6 Å². The van der Waals surface area contributed by atoms with E-state index in [2.05, 4.69) is 13.8 Å². The normalized spacial score (nSPS) is 39.2. The molecule has 1 aliphatic heterocycles. The molecule has 0 spiro atoms. The van der Waals surface area contributed by atoms with E-state index < -0.39 is 0 Å². The lowest BCUT2D eigenvalue weighted by molar-refractivity contribution is -0.160. The first kappa shape index (κ1) is 17.2. The average molecular weight is 332 g/mol. The highest BCUT2D eigenvalue weighted by Gasteiger charge is 2.53. The summed E-state index contributed by atoms with van der Waals surface area (Å²) < 4.78 is 11.3. The third-order valence-electron chi connectivity index (χ3n) is 6.84. The van der Waals surface area contributed by atoms with E-state index in [0.717, 1.165) is 31.3 Å². The van der Waals surface area contributed by atoms with Crippen LogP contribution in [-0.4, -0.2) is 24.1 Å². The highest BCUT2D eigenvalue weighted by molar-refractivity contribution is 5.91. The first-order valence-corrected chi connectivity index (χ1v) is 9.02. The summed E-state index contributed by atoms with van der Waals surface area (Å²) in [6.45, 7) is 10.0. The molecule has 0 aromatic rings. The minimum atomic E-state index is -0.208. The van der Waals surface area contributed by atoms with Gasteiger partial charge in [0.25, 0.3) is 0 Å². The van der Waals surface area contributed by atoms with Gasteiger partial charge in [0.05, 0.1) is 0 Å². The van der Waals surface area contributed by atoms with Crippen molar-refractivity contribution in [3.63, 3.8) is 0 Å². The van der Waals surface area contributed by atoms with Gasteiger partial charge in [-0.3, -0.25) is 0 Å².